The second kappa shape index (κ2) is 4.65. The van der Waals surface area contributed by atoms with Crippen molar-refractivity contribution in [3.05, 3.63) is 0 Å². The lowest BCUT2D eigenvalue weighted by Crippen LogP contribution is -2.46. The zero-order chi connectivity index (χ0) is 8.91. The number of unbranched alkanes of at least 4 members (excludes halogenated alkanes) is 1. The fraction of sp³-hybridized carbons (Fsp3) is 0.875. The molecule has 0 aliphatic heterocycles. The monoisotopic (exact) mass is 176 g/mol. The van der Waals surface area contributed by atoms with Crippen LogP contribution in [0.25, 0.3) is 0 Å². The van der Waals surface area contributed by atoms with Gasteiger partial charge in [-0.05, 0) is 25.1 Å². The van der Waals surface area contributed by atoms with E-state index in [1.54, 1.807) is 6.92 Å². The fourth-order valence-electron chi connectivity index (χ4n) is 0.826. The van der Waals surface area contributed by atoms with Gasteiger partial charge in [-0.25, -0.2) is 0 Å². The van der Waals surface area contributed by atoms with Gasteiger partial charge in [0.05, 0.1) is 12.2 Å². The Morgan fingerprint density at radius 1 is 1.64 bits per heavy atom. The van der Waals surface area contributed by atoms with Crippen LogP contribution in [0.3, 0.4) is 0 Å². The maximum atomic E-state index is 10.6. The van der Waals surface area contributed by atoms with Crippen molar-refractivity contribution in [2.45, 2.75) is 37.9 Å². The van der Waals surface area contributed by atoms with E-state index in [4.69, 9.17) is 0 Å². The molecule has 0 radical (unpaired) electrons. The summed E-state index contributed by atoms with van der Waals surface area (Å²) >= 11 is 0.894. The van der Waals surface area contributed by atoms with Gasteiger partial charge in [0.2, 0.25) is 0 Å². The number of thiol groups is 1. The van der Waals surface area contributed by atoms with Gasteiger partial charge in [0.15, 0.2) is 4.75 Å². The summed E-state index contributed by atoms with van der Waals surface area (Å²) in [5, 5.41) is 10.6. The Bertz CT molecular complexity index is 136. The molecule has 3 heteroatoms. The molecule has 0 spiro atoms. The lowest BCUT2D eigenvalue weighted by Gasteiger charge is -2.21. The molecule has 66 valence electrons. The first kappa shape index (κ1) is 10.8. The first-order chi connectivity index (χ1) is 5.06. The van der Waals surface area contributed by atoms with Crippen LogP contribution in [-0.4, -0.2) is 17.0 Å². The van der Waals surface area contributed by atoms with Crippen LogP contribution in [0.5, 0.6) is 0 Å². The summed E-state index contributed by atoms with van der Waals surface area (Å²) in [7, 11) is 0. The average molecular weight is 176 g/mol. The minimum Gasteiger partial charge on any atom is -0.544 e. The summed E-state index contributed by atoms with van der Waals surface area (Å²) < 4.78 is -0.629. The van der Waals surface area contributed by atoms with E-state index < -0.39 is 10.7 Å². The van der Waals surface area contributed by atoms with Crippen LogP contribution in [0.15, 0.2) is 0 Å². The Morgan fingerprint density at radius 2 is 2.18 bits per heavy atom. The maximum absolute atomic E-state index is 10.6. The van der Waals surface area contributed by atoms with Crippen LogP contribution >= 0.6 is 0 Å². The zero-order valence-corrected chi connectivity index (χ0v) is 8.28. The highest BCUT2D eigenvalue weighted by Crippen LogP contribution is 2.17. The molecule has 0 aliphatic rings. The van der Waals surface area contributed by atoms with E-state index in [9.17, 15) is 9.90 Å². The molecule has 0 bridgehead atoms. The van der Waals surface area contributed by atoms with E-state index in [0.29, 0.717) is 0 Å². The number of rotatable bonds is 5. The first-order valence-electron chi connectivity index (χ1n) is 3.89. The van der Waals surface area contributed by atoms with Crippen molar-refractivity contribution in [3.8, 4) is 0 Å². The molecular weight excluding hydrogens is 160 g/mol. The summed E-state index contributed by atoms with van der Waals surface area (Å²) in [5.41, 5.74) is 0. The number of carboxylic acid groups (broad SMARTS) is 1. The summed E-state index contributed by atoms with van der Waals surface area (Å²) in [6.45, 7) is 3.81. The Kier molecular flexibility index (Phi) is 4.57. The standard InChI is InChI=1S/C8H16O2S/c1-4-5-6-8(2,11-3)7(9)10/h4-6H2,1-3H3,(H,9,10). The van der Waals surface area contributed by atoms with E-state index >= 15 is 0 Å². The van der Waals surface area contributed by atoms with Gasteiger partial charge in [0, 0.05) is 6.42 Å². The minimum atomic E-state index is -0.921. The van der Waals surface area contributed by atoms with Gasteiger partial charge < -0.3 is 9.90 Å². The third-order valence-electron chi connectivity index (χ3n) is 1.95. The third kappa shape index (κ3) is 3.14. The van der Waals surface area contributed by atoms with Gasteiger partial charge in [-0.2, -0.15) is 0 Å². The van der Waals surface area contributed by atoms with Gasteiger partial charge in [-0.15, -0.1) is 0 Å². The number of carbonyl (C=O) groups is 1. The quantitative estimate of drug-likeness (QED) is 0.441. The SMILES string of the molecule is CCCCC(C)([SH+]C)C(=O)[O-]. The predicted octanol–water partition coefficient (Wildman–Crippen LogP) is 0.130. The molecule has 1 unspecified atom stereocenters. The molecule has 2 nitrogen and oxygen atoms in total. The van der Waals surface area contributed by atoms with Gasteiger partial charge in [0.1, 0.15) is 0 Å². The number of aliphatic carboxylic acids is 1. The van der Waals surface area contributed by atoms with E-state index in [0.717, 1.165) is 31.0 Å². The molecule has 0 aromatic carbocycles. The van der Waals surface area contributed by atoms with Crippen molar-refractivity contribution in [1.82, 2.24) is 0 Å². The van der Waals surface area contributed by atoms with Crippen LogP contribution in [0.1, 0.15) is 33.1 Å². The summed E-state index contributed by atoms with van der Waals surface area (Å²) in [6.07, 6.45) is 4.60. The highest BCUT2D eigenvalue weighted by Gasteiger charge is 2.30. The number of hydrogen-bond acceptors (Lipinski definition) is 2. The number of hydrogen-bond donors (Lipinski definition) is 0. The maximum Gasteiger partial charge on any atom is 0.161 e. The molecule has 0 rings (SSSR count). The molecule has 0 saturated heterocycles. The molecule has 0 aromatic heterocycles. The zero-order valence-electron chi connectivity index (χ0n) is 7.39. The molecule has 11 heavy (non-hydrogen) atoms. The van der Waals surface area contributed by atoms with Gasteiger partial charge in [-0.3, -0.25) is 0 Å². The van der Waals surface area contributed by atoms with Gasteiger partial charge >= 0.3 is 0 Å². The van der Waals surface area contributed by atoms with E-state index in [1.165, 1.54) is 0 Å². The van der Waals surface area contributed by atoms with Crippen molar-refractivity contribution >= 4 is 17.7 Å². The van der Waals surface area contributed by atoms with Crippen molar-refractivity contribution < 1.29 is 9.90 Å². The molecule has 0 fully saturated rings. The summed E-state index contributed by atoms with van der Waals surface area (Å²) in [4.78, 5) is 10.6. The first-order valence-corrected chi connectivity index (χ1v) is 5.23. The van der Waals surface area contributed by atoms with Crippen LogP contribution in [0, 0.1) is 0 Å². The van der Waals surface area contributed by atoms with Gasteiger partial charge in [-0.1, -0.05) is 13.3 Å². The Labute approximate surface area is 72.4 Å². The van der Waals surface area contributed by atoms with Crippen LogP contribution < -0.4 is 5.11 Å². The van der Waals surface area contributed by atoms with Crippen molar-refractivity contribution in [1.29, 1.82) is 0 Å². The molecule has 0 N–H and O–H groups in total. The number of carbonyl (C=O) groups excluding carboxylic acids is 1. The average Bonchev–Trinajstić information content (AvgIpc) is 2.00. The second-order valence-corrected chi connectivity index (χ2v) is 4.32. The normalized spacial score (nSPS) is 15.9. The summed E-state index contributed by atoms with van der Waals surface area (Å²) in [5.74, 6) is -0.921. The topological polar surface area (TPSA) is 40.1 Å². The third-order valence-corrected chi connectivity index (χ3v) is 3.34. The fourth-order valence-corrected chi connectivity index (χ4v) is 1.39. The molecular formula is C8H16O2S. The van der Waals surface area contributed by atoms with Gasteiger partial charge in [0.25, 0.3) is 0 Å². The van der Waals surface area contributed by atoms with Crippen molar-refractivity contribution in [3.63, 3.8) is 0 Å². The van der Waals surface area contributed by atoms with Crippen molar-refractivity contribution in [2.24, 2.45) is 0 Å². The lowest BCUT2D eigenvalue weighted by atomic mass is 10.0. The number of carboxylic acids is 1. The smallest absolute Gasteiger partial charge is 0.161 e. The minimum absolute atomic E-state index is 0.629. The van der Waals surface area contributed by atoms with E-state index in [-0.39, 0.29) is 0 Å². The molecule has 0 saturated carbocycles. The predicted molar refractivity (Wildman–Crippen MR) is 47.6 cm³/mol. The van der Waals surface area contributed by atoms with Crippen LogP contribution in [0.4, 0.5) is 0 Å². The molecule has 1 atom stereocenters. The Balaban J connectivity index is 3.99. The van der Waals surface area contributed by atoms with Crippen molar-refractivity contribution in [2.75, 3.05) is 6.26 Å². The Morgan fingerprint density at radius 3 is 2.45 bits per heavy atom. The van der Waals surface area contributed by atoms with Crippen LogP contribution in [-0.2, 0) is 16.6 Å². The molecule has 0 aliphatic carbocycles. The highest BCUT2D eigenvalue weighted by atomic mass is 32.2. The second-order valence-electron chi connectivity index (χ2n) is 2.89. The van der Waals surface area contributed by atoms with E-state index in [2.05, 4.69) is 6.92 Å². The molecule has 0 amide bonds. The largest absolute Gasteiger partial charge is 0.544 e. The van der Waals surface area contributed by atoms with E-state index in [1.807, 2.05) is 6.26 Å². The highest BCUT2D eigenvalue weighted by molar-refractivity contribution is 7.80. The summed E-state index contributed by atoms with van der Waals surface area (Å²) in [6, 6.07) is 0. The lowest BCUT2D eigenvalue weighted by molar-refractivity contribution is -0.308. The molecule has 0 heterocycles. The van der Waals surface area contributed by atoms with Crippen LogP contribution in [0.2, 0.25) is 0 Å². The Hall–Kier alpha value is -0.180. The molecule has 0 aromatic rings.